The van der Waals surface area contributed by atoms with E-state index in [1.807, 2.05) is 0 Å². The van der Waals surface area contributed by atoms with Crippen LogP contribution in [0.25, 0.3) is 0 Å². The minimum atomic E-state index is -5.77. The minimum Gasteiger partial charge on any atom is -0.373 e. The van der Waals surface area contributed by atoms with Gasteiger partial charge in [-0.25, -0.2) is 17.6 Å². The number of hydrogen-bond acceptors (Lipinski definition) is 3. The van der Waals surface area contributed by atoms with Crippen LogP contribution < -0.4 is 0 Å². The van der Waals surface area contributed by atoms with Gasteiger partial charge in [0.1, 0.15) is 6.10 Å². The average Bonchev–Trinajstić information content (AvgIpc) is 2.60. The molecule has 0 radical (unpaired) electrons. The standard InChI is InChI=1S/C15H20F9NO2/c16-11(15(22,23)24)13(18,19)6-9-7-27-10(8-26-9)14(20,21)12(17)25-4-2-1-3-5-25/h9-12H,1-8H2. The van der Waals surface area contributed by atoms with Gasteiger partial charge >= 0.3 is 12.1 Å². The van der Waals surface area contributed by atoms with Gasteiger partial charge in [-0.15, -0.1) is 0 Å². The molecule has 27 heavy (non-hydrogen) atoms. The molecule has 2 aliphatic rings. The first-order valence-corrected chi connectivity index (χ1v) is 8.43. The van der Waals surface area contributed by atoms with Crippen molar-refractivity contribution >= 4 is 0 Å². The summed E-state index contributed by atoms with van der Waals surface area (Å²) >= 11 is 0. The second-order valence-corrected chi connectivity index (χ2v) is 6.75. The molecule has 2 fully saturated rings. The lowest BCUT2D eigenvalue weighted by Crippen LogP contribution is -2.57. The van der Waals surface area contributed by atoms with Crippen molar-refractivity contribution in [1.82, 2.24) is 4.90 Å². The van der Waals surface area contributed by atoms with E-state index in [4.69, 9.17) is 9.47 Å². The maximum Gasteiger partial charge on any atom is 0.425 e. The Hall–Kier alpha value is -0.750. The maximum absolute atomic E-state index is 14.3. The van der Waals surface area contributed by atoms with E-state index in [9.17, 15) is 39.5 Å². The summed E-state index contributed by atoms with van der Waals surface area (Å²) in [7, 11) is 0. The molecule has 0 aromatic heterocycles. The SMILES string of the molecule is FC(C(F)(F)F)C(F)(F)CC1COC(C(F)(F)C(F)N2CCCCC2)CO1. The van der Waals surface area contributed by atoms with E-state index in [0.29, 0.717) is 12.8 Å². The average molecular weight is 417 g/mol. The van der Waals surface area contributed by atoms with Crippen LogP contribution in [-0.2, 0) is 9.47 Å². The van der Waals surface area contributed by atoms with Crippen molar-refractivity contribution < 1.29 is 49.0 Å². The second kappa shape index (κ2) is 8.32. The predicted octanol–water partition coefficient (Wildman–Crippen LogP) is 4.11. The van der Waals surface area contributed by atoms with E-state index >= 15 is 0 Å². The molecule has 12 heteroatoms. The normalized spacial score (nSPS) is 28.8. The van der Waals surface area contributed by atoms with Crippen molar-refractivity contribution in [3.05, 3.63) is 0 Å². The molecule has 4 atom stereocenters. The van der Waals surface area contributed by atoms with Gasteiger partial charge in [0.05, 0.1) is 19.3 Å². The van der Waals surface area contributed by atoms with Crippen molar-refractivity contribution in [2.24, 2.45) is 0 Å². The van der Waals surface area contributed by atoms with Crippen molar-refractivity contribution in [2.75, 3.05) is 26.3 Å². The molecule has 0 aromatic carbocycles. The number of ether oxygens (including phenoxy) is 2. The Balaban J connectivity index is 1.90. The number of piperidine rings is 1. The van der Waals surface area contributed by atoms with Gasteiger partial charge in [-0.05, 0) is 12.8 Å². The van der Waals surface area contributed by atoms with E-state index in [2.05, 4.69) is 0 Å². The summed E-state index contributed by atoms with van der Waals surface area (Å²) in [6.45, 7) is -1.65. The van der Waals surface area contributed by atoms with Gasteiger partial charge in [0.25, 0.3) is 12.1 Å². The van der Waals surface area contributed by atoms with Crippen LogP contribution in [-0.4, -0.2) is 73.9 Å². The highest BCUT2D eigenvalue weighted by molar-refractivity contribution is 4.91. The molecule has 3 nitrogen and oxygen atoms in total. The molecule has 2 rings (SSSR count). The third-order valence-electron chi connectivity index (χ3n) is 4.58. The van der Waals surface area contributed by atoms with E-state index in [0.717, 1.165) is 11.3 Å². The van der Waals surface area contributed by atoms with Crippen LogP contribution in [0.4, 0.5) is 39.5 Å². The highest BCUT2D eigenvalue weighted by atomic mass is 19.4. The molecular formula is C15H20F9NO2. The molecule has 0 N–H and O–H groups in total. The zero-order valence-corrected chi connectivity index (χ0v) is 14.1. The molecule has 2 saturated heterocycles. The lowest BCUT2D eigenvalue weighted by Gasteiger charge is -2.40. The van der Waals surface area contributed by atoms with Crippen molar-refractivity contribution in [3.8, 4) is 0 Å². The summed E-state index contributed by atoms with van der Waals surface area (Å²) in [4.78, 5) is 0.949. The topological polar surface area (TPSA) is 21.7 Å². The van der Waals surface area contributed by atoms with Crippen LogP contribution in [0.3, 0.4) is 0 Å². The molecule has 0 saturated carbocycles. The van der Waals surface area contributed by atoms with Gasteiger partial charge in [-0.1, -0.05) is 6.42 Å². The molecule has 0 spiro atoms. The first-order chi connectivity index (χ1) is 12.4. The molecule has 2 aliphatic heterocycles. The lowest BCUT2D eigenvalue weighted by atomic mass is 10.0. The summed E-state index contributed by atoms with van der Waals surface area (Å²) in [5.74, 6) is -8.81. The first kappa shape index (κ1) is 22.5. The minimum absolute atomic E-state index is 0.133. The first-order valence-electron chi connectivity index (χ1n) is 8.43. The summed E-state index contributed by atoms with van der Waals surface area (Å²) in [6.07, 6.45) is -16.4. The number of nitrogens with zero attached hydrogens (tertiary/aromatic N) is 1. The molecular weight excluding hydrogens is 397 g/mol. The van der Waals surface area contributed by atoms with E-state index in [1.54, 1.807) is 0 Å². The Morgan fingerprint density at radius 2 is 1.44 bits per heavy atom. The number of rotatable bonds is 6. The third kappa shape index (κ3) is 5.41. The summed E-state index contributed by atoms with van der Waals surface area (Å²) in [5.41, 5.74) is 0. The van der Waals surface area contributed by atoms with Crippen LogP contribution in [0.5, 0.6) is 0 Å². The molecule has 0 amide bonds. The zero-order valence-electron chi connectivity index (χ0n) is 14.1. The fraction of sp³-hybridized carbons (Fsp3) is 1.00. The maximum atomic E-state index is 14.3. The lowest BCUT2D eigenvalue weighted by molar-refractivity contribution is -0.275. The number of hydrogen-bond donors (Lipinski definition) is 0. The third-order valence-corrected chi connectivity index (χ3v) is 4.58. The Morgan fingerprint density at radius 1 is 0.852 bits per heavy atom. The van der Waals surface area contributed by atoms with Crippen LogP contribution >= 0.6 is 0 Å². The number of halogens is 9. The summed E-state index contributed by atoms with van der Waals surface area (Å²) < 4.78 is 128. The van der Waals surface area contributed by atoms with E-state index in [1.165, 1.54) is 0 Å². The van der Waals surface area contributed by atoms with Crippen LogP contribution in [0, 0.1) is 0 Å². The smallest absolute Gasteiger partial charge is 0.373 e. The summed E-state index contributed by atoms with van der Waals surface area (Å²) in [5, 5.41) is 0. The summed E-state index contributed by atoms with van der Waals surface area (Å²) in [6, 6.07) is 0. The van der Waals surface area contributed by atoms with Gasteiger partial charge in [-0.2, -0.15) is 22.0 Å². The Labute approximate surface area is 149 Å². The van der Waals surface area contributed by atoms with E-state index < -0.39 is 62.3 Å². The second-order valence-electron chi connectivity index (χ2n) is 6.75. The molecule has 4 unspecified atom stereocenters. The van der Waals surface area contributed by atoms with Gasteiger partial charge in [-0.3, -0.25) is 4.90 Å². The van der Waals surface area contributed by atoms with Crippen molar-refractivity contribution in [2.45, 2.75) is 68.4 Å². The molecule has 0 bridgehead atoms. The largest absolute Gasteiger partial charge is 0.425 e. The van der Waals surface area contributed by atoms with Gasteiger partial charge in [0, 0.05) is 19.5 Å². The monoisotopic (exact) mass is 417 g/mol. The van der Waals surface area contributed by atoms with Crippen LogP contribution in [0.1, 0.15) is 25.7 Å². The Bertz CT molecular complexity index is 474. The predicted molar refractivity (Wildman–Crippen MR) is 75.3 cm³/mol. The van der Waals surface area contributed by atoms with Crippen molar-refractivity contribution in [3.63, 3.8) is 0 Å². The molecule has 0 aliphatic carbocycles. The number of alkyl halides is 9. The Kier molecular flexibility index (Phi) is 6.94. The Morgan fingerprint density at radius 3 is 1.93 bits per heavy atom. The van der Waals surface area contributed by atoms with Crippen LogP contribution in [0.2, 0.25) is 0 Å². The fourth-order valence-corrected chi connectivity index (χ4v) is 3.07. The molecule has 2 heterocycles. The quantitative estimate of drug-likeness (QED) is 0.480. The molecule has 0 aromatic rings. The fourth-order valence-electron chi connectivity index (χ4n) is 3.07. The van der Waals surface area contributed by atoms with E-state index in [-0.39, 0.29) is 13.1 Å². The van der Waals surface area contributed by atoms with Gasteiger partial charge < -0.3 is 9.47 Å². The van der Waals surface area contributed by atoms with Gasteiger partial charge in [0.2, 0.25) is 6.30 Å². The highest BCUT2D eigenvalue weighted by Gasteiger charge is 2.58. The highest BCUT2D eigenvalue weighted by Crippen LogP contribution is 2.39. The molecule has 160 valence electrons. The number of likely N-dealkylation sites (tertiary alicyclic amines) is 1. The van der Waals surface area contributed by atoms with Crippen LogP contribution in [0.15, 0.2) is 0 Å². The zero-order chi connectivity index (χ0) is 20.5. The van der Waals surface area contributed by atoms with Gasteiger partial charge in [0.15, 0.2) is 0 Å². The van der Waals surface area contributed by atoms with Crippen molar-refractivity contribution in [1.29, 1.82) is 0 Å².